The summed E-state index contributed by atoms with van der Waals surface area (Å²) in [4.78, 5) is 23.9. The second-order valence-electron chi connectivity index (χ2n) is 6.32. The number of carbonyl (C=O) groups excluding carboxylic acids is 2. The fourth-order valence-electron chi connectivity index (χ4n) is 1.99. The van der Waals surface area contributed by atoms with Crippen LogP contribution in [-0.2, 0) is 4.79 Å². The Balaban J connectivity index is 2.07. The average molecular weight is 315 g/mol. The van der Waals surface area contributed by atoms with Crippen molar-refractivity contribution < 1.29 is 14.8 Å². The third-order valence-corrected chi connectivity index (χ3v) is 3.54. The van der Waals surface area contributed by atoms with Crippen molar-refractivity contribution in [3.8, 4) is 11.8 Å². The average Bonchev–Trinajstić information content (AvgIpc) is 3.33. The zero-order valence-corrected chi connectivity index (χ0v) is 13.2. The molecule has 6 nitrogen and oxygen atoms in total. The lowest BCUT2D eigenvalue weighted by atomic mass is 9.95. The monoisotopic (exact) mass is 315 g/mol. The van der Waals surface area contributed by atoms with Gasteiger partial charge in [-0.2, -0.15) is 0 Å². The van der Waals surface area contributed by atoms with E-state index in [1.165, 1.54) is 5.48 Å². The smallest absolute Gasteiger partial charge is 0.267 e. The summed E-state index contributed by atoms with van der Waals surface area (Å²) in [5.74, 6) is 5.52. The first-order valence-corrected chi connectivity index (χ1v) is 7.46. The van der Waals surface area contributed by atoms with E-state index in [4.69, 9.17) is 10.9 Å². The predicted octanol–water partition coefficient (Wildman–Crippen LogP) is 0.789. The summed E-state index contributed by atoms with van der Waals surface area (Å²) in [6, 6.07) is 5.75. The van der Waals surface area contributed by atoms with Crippen molar-refractivity contribution in [1.82, 2.24) is 10.8 Å². The second kappa shape index (κ2) is 6.82. The summed E-state index contributed by atoms with van der Waals surface area (Å²) in [6.45, 7) is 3.17. The molecule has 0 aromatic heterocycles. The third-order valence-electron chi connectivity index (χ3n) is 3.54. The summed E-state index contributed by atoms with van der Waals surface area (Å²) in [7, 11) is 0. The van der Waals surface area contributed by atoms with Crippen LogP contribution in [0.3, 0.4) is 0 Å². The van der Waals surface area contributed by atoms with Crippen LogP contribution in [0.2, 0.25) is 0 Å². The van der Waals surface area contributed by atoms with E-state index >= 15 is 0 Å². The molecule has 1 aromatic carbocycles. The van der Waals surface area contributed by atoms with Crippen LogP contribution in [0.25, 0.3) is 0 Å². The molecule has 0 radical (unpaired) electrons. The molecule has 2 rings (SSSR count). The minimum absolute atomic E-state index is 0.391. The van der Waals surface area contributed by atoms with Gasteiger partial charge >= 0.3 is 0 Å². The summed E-state index contributed by atoms with van der Waals surface area (Å²) in [5.41, 5.74) is 7.60. The van der Waals surface area contributed by atoms with Gasteiger partial charge in [-0.15, -0.1) is 0 Å². The van der Waals surface area contributed by atoms with Crippen LogP contribution in [0.4, 0.5) is 0 Å². The van der Waals surface area contributed by atoms with E-state index in [-0.39, 0.29) is 0 Å². The van der Waals surface area contributed by atoms with Crippen molar-refractivity contribution in [1.29, 1.82) is 0 Å². The highest BCUT2D eigenvalue weighted by molar-refractivity contribution is 5.97. The van der Waals surface area contributed by atoms with Crippen LogP contribution < -0.4 is 16.5 Å². The van der Waals surface area contributed by atoms with Gasteiger partial charge in [0.15, 0.2) is 0 Å². The molecule has 0 aliphatic heterocycles. The van der Waals surface area contributed by atoms with Gasteiger partial charge in [0.1, 0.15) is 6.04 Å². The molecule has 1 saturated carbocycles. The van der Waals surface area contributed by atoms with Gasteiger partial charge in [0.2, 0.25) is 0 Å². The molecule has 5 N–H and O–H groups in total. The molecule has 1 aromatic rings. The highest BCUT2D eigenvalue weighted by Gasteiger charge is 2.33. The molecule has 0 heterocycles. The molecule has 1 aliphatic carbocycles. The highest BCUT2D eigenvalue weighted by atomic mass is 16.5. The molecule has 0 unspecified atom stereocenters. The number of nitrogens with one attached hydrogen (secondary N) is 2. The van der Waals surface area contributed by atoms with Crippen LogP contribution in [0, 0.1) is 17.8 Å². The molecule has 1 fully saturated rings. The number of benzene rings is 1. The molecule has 0 saturated heterocycles. The molecule has 0 spiro atoms. The molecule has 0 bridgehead atoms. The number of hydroxylamine groups is 1. The zero-order valence-electron chi connectivity index (χ0n) is 13.2. The summed E-state index contributed by atoms with van der Waals surface area (Å²) in [5, 5.41) is 11.3. The fourth-order valence-corrected chi connectivity index (χ4v) is 1.99. The third kappa shape index (κ3) is 4.81. The zero-order chi connectivity index (χ0) is 17.0. The van der Waals surface area contributed by atoms with Gasteiger partial charge in [0.05, 0.1) is 0 Å². The SMILES string of the molecule is CC(C)(N)[C@H](NC(=O)c1ccc(C#CC2CC2)cc1)C(=O)NO. The lowest BCUT2D eigenvalue weighted by Crippen LogP contribution is -2.61. The molecule has 122 valence electrons. The number of nitrogens with two attached hydrogens (primary N) is 1. The number of rotatable bonds is 4. The molecule has 23 heavy (non-hydrogen) atoms. The maximum absolute atomic E-state index is 12.2. The number of hydrogen-bond acceptors (Lipinski definition) is 4. The Kier molecular flexibility index (Phi) is 5.04. The molecular formula is C17H21N3O3. The van der Waals surface area contributed by atoms with Crippen molar-refractivity contribution in [2.75, 3.05) is 0 Å². The molecule has 6 heteroatoms. The van der Waals surface area contributed by atoms with Gasteiger partial charge in [-0.1, -0.05) is 11.8 Å². The van der Waals surface area contributed by atoms with Crippen molar-refractivity contribution in [3.05, 3.63) is 35.4 Å². The second-order valence-corrected chi connectivity index (χ2v) is 6.32. The van der Waals surface area contributed by atoms with Crippen LogP contribution in [0.15, 0.2) is 24.3 Å². The van der Waals surface area contributed by atoms with Gasteiger partial charge in [-0.3, -0.25) is 14.8 Å². The van der Waals surface area contributed by atoms with Crippen molar-refractivity contribution in [3.63, 3.8) is 0 Å². The van der Waals surface area contributed by atoms with E-state index in [9.17, 15) is 9.59 Å². The van der Waals surface area contributed by atoms with Crippen LogP contribution in [0.5, 0.6) is 0 Å². The van der Waals surface area contributed by atoms with Crippen LogP contribution in [0.1, 0.15) is 42.6 Å². The Labute approximate surface area is 135 Å². The number of amides is 2. The molecule has 1 aliphatic rings. The predicted molar refractivity (Wildman–Crippen MR) is 85.5 cm³/mol. The first-order valence-electron chi connectivity index (χ1n) is 7.46. The minimum atomic E-state index is -1.06. The van der Waals surface area contributed by atoms with Crippen molar-refractivity contribution in [2.24, 2.45) is 11.7 Å². The largest absolute Gasteiger partial charge is 0.338 e. The van der Waals surface area contributed by atoms with E-state index in [1.54, 1.807) is 38.1 Å². The topological polar surface area (TPSA) is 104 Å². The summed E-state index contributed by atoms with van der Waals surface area (Å²) < 4.78 is 0. The van der Waals surface area contributed by atoms with Crippen LogP contribution >= 0.6 is 0 Å². The Bertz CT molecular complexity index is 646. The molecule has 1 atom stereocenters. The number of carbonyl (C=O) groups is 2. The summed E-state index contributed by atoms with van der Waals surface area (Å²) in [6.07, 6.45) is 2.33. The maximum Gasteiger partial charge on any atom is 0.267 e. The lowest BCUT2D eigenvalue weighted by Gasteiger charge is -2.29. The first-order chi connectivity index (χ1) is 10.8. The van der Waals surface area contributed by atoms with Crippen molar-refractivity contribution >= 4 is 11.8 Å². The van der Waals surface area contributed by atoms with Gasteiger partial charge in [-0.05, 0) is 51.0 Å². The standard InChI is InChI=1S/C17H21N3O3/c1-17(2,18)14(16(22)20-23)19-15(21)13-9-7-12(8-10-13)6-5-11-3-4-11/h7-11,14,23H,3-4,18H2,1-2H3,(H,19,21)(H,20,22)/t14-/m1/s1. The Hall–Kier alpha value is -2.36. The quantitative estimate of drug-likeness (QED) is 0.374. The highest BCUT2D eigenvalue weighted by Crippen LogP contribution is 2.27. The van der Waals surface area contributed by atoms with E-state index in [0.29, 0.717) is 11.5 Å². The van der Waals surface area contributed by atoms with Crippen LogP contribution in [-0.4, -0.2) is 28.6 Å². The normalized spacial score (nSPS) is 15.1. The Morgan fingerprint density at radius 3 is 2.39 bits per heavy atom. The number of hydrogen-bond donors (Lipinski definition) is 4. The van der Waals surface area contributed by atoms with E-state index < -0.39 is 23.4 Å². The fraction of sp³-hybridized carbons (Fsp3) is 0.412. The maximum atomic E-state index is 12.2. The van der Waals surface area contributed by atoms with Gasteiger partial charge < -0.3 is 11.1 Å². The van der Waals surface area contributed by atoms with Gasteiger partial charge in [0.25, 0.3) is 11.8 Å². The van der Waals surface area contributed by atoms with E-state index in [1.807, 2.05) is 0 Å². The lowest BCUT2D eigenvalue weighted by molar-refractivity contribution is -0.132. The van der Waals surface area contributed by atoms with E-state index in [0.717, 1.165) is 18.4 Å². The Morgan fingerprint density at radius 1 is 1.30 bits per heavy atom. The van der Waals surface area contributed by atoms with Crippen molar-refractivity contribution in [2.45, 2.75) is 38.3 Å². The first kappa shape index (κ1) is 17.0. The van der Waals surface area contributed by atoms with Gasteiger partial charge in [0, 0.05) is 22.6 Å². The molecular weight excluding hydrogens is 294 g/mol. The van der Waals surface area contributed by atoms with E-state index in [2.05, 4.69) is 17.2 Å². The van der Waals surface area contributed by atoms with Gasteiger partial charge in [-0.25, -0.2) is 5.48 Å². The minimum Gasteiger partial charge on any atom is -0.338 e. The molecule has 2 amide bonds. The summed E-state index contributed by atoms with van der Waals surface area (Å²) >= 11 is 0. The Morgan fingerprint density at radius 2 is 1.91 bits per heavy atom.